The fourth-order valence-corrected chi connectivity index (χ4v) is 9.56. The van der Waals surface area contributed by atoms with Gasteiger partial charge in [0.05, 0.1) is 17.2 Å². The first-order valence-corrected chi connectivity index (χ1v) is 22.0. The molecule has 2 atom stereocenters. The van der Waals surface area contributed by atoms with Crippen molar-refractivity contribution in [3.63, 3.8) is 0 Å². The summed E-state index contributed by atoms with van der Waals surface area (Å²) in [5.41, 5.74) is 12.3. The number of hydrogen-bond acceptors (Lipinski definition) is 9. The number of aromatic amines is 1. The number of hydrogen-bond donors (Lipinski definition) is 4. The summed E-state index contributed by atoms with van der Waals surface area (Å²) in [4.78, 5) is 52.8. The summed E-state index contributed by atoms with van der Waals surface area (Å²) in [6.45, 7) is 17.4. The number of ether oxygens (including phenoxy) is 1. The van der Waals surface area contributed by atoms with E-state index in [1.807, 2.05) is 16.7 Å². The molecule has 4 aromatic rings. The number of rotatable bonds is 14. The van der Waals surface area contributed by atoms with Gasteiger partial charge in [-0.25, -0.2) is 9.78 Å². The second-order valence-electron chi connectivity index (χ2n) is 18.6. The van der Waals surface area contributed by atoms with E-state index in [9.17, 15) is 19.6 Å². The molecule has 13 heteroatoms. The minimum atomic E-state index is -0.712. The van der Waals surface area contributed by atoms with E-state index in [2.05, 4.69) is 69.4 Å². The number of alkyl carbamates (subject to hydrolysis) is 1. The van der Waals surface area contributed by atoms with Gasteiger partial charge >= 0.3 is 6.09 Å². The van der Waals surface area contributed by atoms with E-state index in [1.54, 1.807) is 39.2 Å². The molecular weight excluding hydrogens is 755 g/mol. The molecule has 7 rings (SSSR count). The molecule has 1 aliphatic carbocycles. The molecule has 0 bridgehead atoms. The van der Waals surface area contributed by atoms with Gasteiger partial charge in [-0.2, -0.15) is 5.26 Å². The van der Waals surface area contributed by atoms with Crippen molar-refractivity contribution in [2.45, 2.75) is 129 Å². The molecule has 0 spiro atoms. The summed E-state index contributed by atoms with van der Waals surface area (Å²) in [5.74, 6) is 0.995. The van der Waals surface area contributed by atoms with Crippen molar-refractivity contribution in [1.82, 2.24) is 30.1 Å². The SMILES string of the molecule is CCc1cc2c(cc1N1CCC(CCCCN3CC[C@@H](NC(=O)[C@H](CCCn4ccnc4N)NC(=O)OC(C)(C)C)C3)CC1)C(C)(C)c1[nH]c3cc(C#N)ccc3c1C2=O. The number of nitrogens with zero attached hydrogens (tertiary/aromatic N) is 5. The quantitative estimate of drug-likeness (QED) is 0.0960. The van der Waals surface area contributed by atoms with Gasteiger partial charge in [-0.1, -0.05) is 39.7 Å². The van der Waals surface area contributed by atoms with E-state index in [0.29, 0.717) is 36.8 Å². The number of likely N-dealkylation sites (tertiary alicyclic amines) is 1. The Morgan fingerprint density at radius 1 is 1.08 bits per heavy atom. The number of piperidine rings is 1. The Labute approximate surface area is 354 Å². The van der Waals surface area contributed by atoms with Crippen LogP contribution in [-0.4, -0.2) is 87.6 Å². The Bertz CT molecular complexity index is 2250. The number of imidazole rings is 1. The molecule has 5 N–H and O–H groups in total. The smallest absolute Gasteiger partial charge is 0.408 e. The van der Waals surface area contributed by atoms with Crippen LogP contribution in [0.3, 0.4) is 0 Å². The lowest BCUT2D eigenvalue weighted by Crippen LogP contribution is -2.51. The number of ketones is 1. The first-order valence-electron chi connectivity index (χ1n) is 22.0. The molecule has 2 amide bonds. The van der Waals surface area contributed by atoms with Gasteiger partial charge in [0.25, 0.3) is 0 Å². The van der Waals surface area contributed by atoms with Crippen molar-refractivity contribution in [2.75, 3.05) is 43.4 Å². The van der Waals surface area contributed by atoms with Crippen LogP contribution >= 0.6 is 0 Å². The summed E-state index contributed by atoms with van der Waals surface area (Å²) in [7, 11) is 0. The third-order valence-corrected chi connectivity index (χ3v) is 12.9. The lowest BCUT2D eigenvalue weighted by molar-refractivity contribution is -0.124. The lowest BCUT2D eigenvalue weighted by atomic mass is 9.70. The number of unbranched alkanes of at least 4 members (excludes halogenated alkanes) is 1. The maximum atomic E-state index is 14.1. The Kier molecular flexibility index (Phi) is 12.6. The number of carbonyl (C=O) groups is 3. The van der Waals surface area contributed by atoms with Gasteiger partial charge in [0.2, 0.25) is 5.91 Å². The average molecular weight is 818 g/mol. The van der Waals surface area contributed by atoms with Gasteiger partial charge in [0.15, 0.2) is 11.7 Å². The van der Waals surface area contributed by atoms with E-state index in [1.165, 1.54) is 24.1 Å². The van der Waals surface area contributed by atoms with Gasteiger partial charge < -0.3 is 40.5 Å². The first-order chi connectivity index (χ1) is 28.6. The molecule has 0 unspecified atom stereocenters. The monoisotopic (exact) mass is 818 g/mol. The molecule has 3 aliphatic rings. The van der Waals surface area contributed by atoms with Gasteiger partial charge in [0, 0.05) is 84.4 Å². The van der Waals surface area contributed by atoms with E-state index in [0.717, 1.165) is 98.1 Å². The van der Waals surface area contributed by atoms with E-state index in [4.69, 9.17) is 10.5 Å². The second kappa shape index (κ2) is 17.7. The highest BCUT2D eigenvalue weighted by atomic mass is 16.6. The molecule has 0 saturated carbocycles. The number of nitrogen functional groups attached to an aromatic ring is 1. The number of nitrogens with one attached hydrogen (secondary N) is 3. The van der Waals surface area contributed by atoms with Crippen molar-refractivity contribution < 1.29 is 19.1 Å². The fraction of sp³-hybridized carbons (Fsp3) is 0.553. The van der Waals surface area contributed by atoms with Crippen molar-refractivity contribution in [3.05, 3.63) is 76.2 Å². The third kappa shape index (κ3) is 9.34. The van der Waals surface area contributed by atoms with E-state index in [-0.39, 0.29) is 17.7 Å². The maximum Gasteiger partial charge on any atom is 0.408 e. The first kappa shape index (κ1) is 42.8. The standard InChI is InChI=1S/C47H63N9O4/c1-7-32-26-35-36(47(5,6)42-40(41(35)57)34-14-13-31(28-48)25-38(34)52-42)27-39(32)55-22-15-30(16-23-55)11-8-9-19-54-21-17-33(29-54)51-43(58)37(53-45(59)60-46(2,3)4)12-10-20-56-24-18-50-44(56)49/h13-14,18,24-27,30,33,37,52H,7-12,15-17,19-23,29H2,1-6H3,(H2,49,50)(H,51,58)(H,53,59)/t33-,37+/m1/s1. The van der Waals surface area contributed by atoms with Crippen LogP contribution in [0.5, 0.6) is 0 Å². The average Bonchev–Trinajstić information content (AvgIpc) is 3.95. The molecule has 2 saturated heterocycles. The Hall–Kier alpha value is -5.35. The number of H-pyrrole nitrogens is 1. The van der Waals surface area contributed by atoms with Crippen molar-refractivity contribution in [2.24, 2.45) is 5.92 Å². The third-order valence-electron chi connectivity index (χ3n) is 12.9. The number of aryl methyl sites for hydroxylation is 2. The normalized spacial score (nSPS) is 18.5. The van der Waals surface area contributed by atoms with Crippen LogP contribution in [-0.2, 0) is 27.9 Å². The topological polar surface area (TPSA) is 174 Å². The minimum Gasteiger partial charge on any atom is -0.444 e. The van der Waals surface area contributed by atoms with E-state index >= 15 is 0 Å². The number of amides is 2. The molecule has 0 radical (unpaired) electrons. The molecule has 4 heterocycles. The Morgan fingerprint density at radius 2 is 1.87 bits per heavy atom. The highest BCUT2D eigenvalue weighted by Crippen LogP contribution is 2.46. The molecule has 320 valence electrons. The van der Waals surface area contributed by atoms with Crippen molar-refractivity contribution in [1.29, 1.82) is 5.26 Å². The van der Waals surface area contributed by atoms with Gasteiger partial charge in [-0.3, -0.25) is 9.59 Å². The van der Waals surface area contributed by atoms with Crippen molar-refractivity contribution >= 4 is 40.3 Å². The highest BCUT2D eigenvalue weighted by Gasteiger charge is 2.41. The lowest BCUT2D eigenvalue weighted by Gasteiger charge is -2.38. The van der Waals surface area contributed by atoms with Crippen LogP contribution in [0.15, 0.2) is 42.7 Å². The number of benzene rings is 2. The molecular formula is C47H63N9O4. The number of carbonyl (C=O) groups excluding carboxylic acids is 3. The predicted molar refractivity (Wildman–Crippen MR) is 235 cm³/mol. The number of aromatic nitrogens is 3. The summed E-state index contributed by atoms with van der Waals surface area (Å²) in [6.07, 6.45) is 11.5. The van der Waals surface area contributed by atoms with Gasteiger partial charge in [0.1, 0.15) is 11.6 Å². The van der Waals surface area contributed by atoms with Crippen LogP contribution in [0.4, 0.5) is 16.4 Å². The molecule has 2 aliphatic heterocycles. The summed E-state index contributed by atoms with van der Waals surface area (Å²) < 4.78 is 7.30. The zero-order valence-electron chi connectivity index (χ0n) is 36.3. The second-order valence-corrected chi connectivity index (χ2v) is 18.6. The highest BCUT2D eigenvalue weighted by molar-refractivity contribution is 6.20. The number of fused-ring (bicyclic) bond motifs is 4. The van der Waals surface area contributed by atoms with E-state index < -0.39 is 23.2 Å². The van der Waals surface area contributed by atoms with Crippen LogP contribution in [0, 0.1) is 17.2 Å². The molecule has 60 heavy (non-hydrogen) atoms. The summed E-state index contributed by atoms with van der Waals surface area (Å²) >= 11 is 0. The number of nitriles is 1. The van der Waals surface area contributed by atoms with Gasteiger partial charge in [-0.05, 0) is 114 Å². The van der Waals surface area contributed by atoms with Crippen LogP contribution < -0.4 is 21.3 Å². The number of anilines is 2. The Morgan fingerprint density at radius 3 is 2.57 bits per heavy atom. The predicted octanol–water partition coefficient (Wildman–Crippen LogP) is 7.20. The van der Waals surface area contributed by atoms with Gasteiger partial charge in [-0.15, -0.1) is 0 Å². The molecule has 2 aromatic carbocycles. The molecule has 13 nitrogen and oxygen atoms in total. The zero-order chi connectivity index (χ0) is 42.8. The van der Waals surface area contributed by atoms with Crippen LogP contribution in [0.25, 0.3) is 10.9 Å². The van der Waals surface area contributed by atoms with Crippen molar-refractivity contribution in [3.8, 4) is 6.07 Å². The molecule has 2 fully saturated rings. The molecule has 2 aromatic heterocycles. The largest absolute Gasteiger partial charge is 0.444 e. The van der Waals surface area contributed by atoms with Crippen LogP contribution in [0.2, 0.25) is 0 Å². The number of nitrogens with two attached hydrogens (primary N) is 1. The maximum absolute atomic E-state index is 14.1. The zero-order valence-corrected chi connectivity index (χ0v) is 36.3. The minimum absolute atomic E-state index is 0.0384. The summed E-state index contributed by atoms with van der Waals surface area (Å²) in [6, 6.07) is 11.5. The summed E-state index contributed by atoms with van der Waals surface area (Å²) in [5, 5.41) is 16.4. The fourth-order valence-electron chi connectivity index (χ4n) is 9.56. The van der Waals surface area contributed by atoms with Crippen LogP contribution in [0.1, 0.15) is 131 Å². The Balaban J connectivity index is 0.877.